The number of likely N-dealkylation sites (tertiary alicyclic amines) is 1. The average molecular weight is 253 g/mol. The monoisotopic (exact) mass is 253 g/mol. The molecule has 0 aliphatic carbocycles. The minimum absolute atomic E-state index is 0.925. The molecule has 2 heterocycles. The molecule has 0 amide bonds. The van der Waals surface area contributed by atoms with Gasteiger partial charge < -0.3 is 10.2 Å². The molecule has 1 aromatic rings. The lowest BCUT2D eigenvalue weighted by atomic mass is 10.4. The fraction of sp³-hybridized carbons (Fsp3) is 0.769. The third-order valence-electron chi connectivity index (χ3n) is 3.17. The SMILES string of the molecule is CCCNCc1csc(CCN2CCCC2)n1. The third kappa shape index (κ3) is 4.37. The number of nitrogens with zero attached hydrogens (tertiary/aromatic N) is 2. The van der Waals surface area contributed by atoms with E-state index in [2.05, 4.69) is 27.5 Å². The first kappa shape index (κ1) is 13.0. The summed E-state index contributed by atoms with van der Waals surface area (Å²) in [7, 11) is 0. The van der Waals surface area contributed by atoms with Gasteiger partial charge >= 0.3 is 0 Å². The minimum Gasteiger partial charge on any atom is -0.311 e. The van der Waals surface area contributed by atoms with Crippen LogP contribution >= 0.6 is 11.3 Å². The number of hydrogen-bond acceptors (Lipinski definition) is 4. The first-order chi connectivity index (χ1) is 8.38. The highest BCUT2D eigenvalue weighted by Gasteiger charge is 2.11. The Hall–Kier alpha value is -0.450. The largest absolute Gasteiger partial charge is 0.311 e. The molecule has 1 saturated heterocycles. The average Bonchev–Trinajstić information content (AvgIpc) is 2.98. The molecule has 0 atom stereocenters. The van der Waals surface area contributed by atoms with E-state index in [0.717, 1.165) is 19.5 Å². The van der Waals surface area contributed by atoms with Crippen molar-refractivity contribution in [2.45, 2.75) is 39.2 Å². The predicted molar refractivity (Wildman–Crippen MR) is 73.5 cm³/mol. The highest BCUT2D eigenvalue weighted by Crippen LogP contribution is 2.13. The molecule has 1 aromatic heterocycles. The Morgan fingerprint density at radius 1 is 1.41 bits per heavy atom. The Balaban J connectivity index is 1.69. The van der Waals surface area contributed by atoms with Gasteiger partial charge in [-0.15, -0.1) is 11.3 Å². The molecule has 1 aliphatic heterocycles. The van der Waals surface area contributed by atoms with Crippen LogP contribution in [0.4, 0.5) is 0 Å². The van der Waals surface area contributed by atoms with Gasteiger partial charge in [-0.05, 0) is 38.9 Å². The highest BCUT2D eigenvalue weighted by molar-refractivity contribution is 7.09. The number of hydrogen-bond donors (Lipinski definition) is 1. The van der Waals surface area contributed by atoms with Crippen LogP contribution in [0.3, 0.4) is 0 Å². The molecule has 2 rings (SSSR count). The lowest BCUT2D eigenvalue weighted by Gasteiger charge is -2.12. The number of thiazole rings is 1. The van der Waals surface area contributed by atoms with Gasteiger partial charge in [0, 0.05) is 24.9 Å². The normalized spacial score (nSPS) is 16.8. The lowest BCUT2D eigenvalue weighted by Crippen LogP contribution is -2.21. The maximum Gasteiger partial charge on any atom is 0.0941 e. The smallest absolute Gasteiger partial charge is 0.0941 e. The summed E-state index contributed by atoms with van der Waals surface area (Å²) in [5.74, 6) is 0. The van der Waals surface area contributed by atoms with Crippen molar-refractivity contribution < 1.29 is 0 Å². The molecule has 3 nitrogen and oxygen atoms in total. The lowest BCUT2D eigenvalue weighted by molar-refractivity contribution is 0.343. The molecule has 96 valence electrons. The zero-order chi connectivity index (χ0) is 11.9. The molecule has 0 spiro atoms. The van der Waals surface area contributed by atoms with Gasteiger partial charge in [0.1, 0.15) is 0 Å². The topological polar surface area (TPSA) is 28.2 Å². The quantitative estimate of drug-likeness (QED) is 0.756. The van der Waals surface area contributed by atoms with E-state index >= 15 is 0 Å². The van der Waals surface area contributed by atoms with Gasteiger partial charge in [0.05, 0.1) is 10.7 Å². The molecule has 0 bridgehead atoms. The van der Waals surface area contributed by atoms with Crippen molar-refractivity contribution in [3.05, 3.63) is 16.1 Å². The van der Waals surface area contributed by atoms with E-state index in [-0.39, 0.29) is 0 Å². The van der Waals surface area contributed by atoms with Crippen molar-refractivity contribution in [2.75, 3.05) is 26.2 Å². The van der Waals surface area contributed by atoms with Gasteiger partial charge in [-0.25, -0.2) is 4.98 Å². The zero-order valence-corrected chi connectivity index (χ0v) is 11.6. The van der Waals surface area contributed by atoms with Crippen molar-refractivity contribution in [1.29, 1.82) is 0 Å². The van der Waals surface area contributed by atoms with Crippen LogP contribution in [-0.4, -0.2) is 36.1 Å². The van der Waals surface area contributed by atoms with Crippen LogP contribution < -0.4 is 5.32 Å². The van der Waals surface area contributed by atoms with Crippen LogP contribution in [0.1, 0.15) is 36.9 Å². The highest BCUT2D eigenvalue weighted by atomic mass is 32.1. The summed E-state index contributed by atoms with van der Waals surface area (Å²) in [5, 5.41) is 6.89. The van der Waals surface area contributed by atoms with E-state index in [1.54, 1.807) is 0 Å². The Bertz CT molecular complexity index is 318. The fourth-order valence-electron chi connectivity index (χ4n) is 2.20. The van der Waals surface area contributed by atoms with Crippen molar-refractivity contribution in [2.24, 2.45) is 0 Å². The summed E-state index contributed by atoms with van der Waals surface area (Å²) >= 11 is 1.81. The van der Waals surface area contributed by atoms with E-state index in [0.29, 0.717) is 0 Å². The van der Waals surface area contributed by atoms with Crippen molar-refractivity contribution in [1.82, 2.24) is 15.2 Å². The standard InChI is InChI=1S/C13H23N3S/c1-2-6-14-10-12-11-17-13(15-12)5-9-16-7-3-4-8-16/h11,14H,2-10H2,1H3. The Labute approximate surface area is 108 Å². The maximum absolute atomic E-state index is 4.67. The van der Waals surface area contributed by atoms with Gasteiger partial charge in [-0.3, -0.25) is 0 Å². The molecule has 17 heavy (non-hydrogen) atoms. The van der Waals surface area contributed by atoms with E-state index in [1.165, 1.54) is 49.6 Å². The van der Waals surface area contributed by atoms with Gasteiger partial charge in [-0.1, -0.05) is 6.92 Å². The van der Waals surface area contributed by atoms with Gasteiger partial charge in [0.2, 0.25) is 0 Å². The fourth-order valence-corrected chi connectivity index (χ4v) is 2.99. The van der Waals surface area contributed by atoms with Crippen LogP contribution in [0, 0.1) is 0 Å². The molecule has 4 heteroatoms. The van der Waals surface area contributed by atoms with E-state index in [1.807, 2.05) is 11.3 Å². The van der Waals surface area contributed by atoms with Crippen LogP contribution in [0.5, 0.6) is 0 Å². The van der Waals surface area contributed by atoms with Gasteiger partial charge in [-0.2, -0.15) is 0 Å². The zero-order valence-electron chi connectivity index (χ0n) is 10.7. The summed E-state index contributed by atoms with van der Waals surface area (Å²) in [6.45, 7) is 7.96. The Morgan fingerprint density at radius 2 is 2.24 bits per heavy atom. The molecule has 1 N–H and O–H groups in total. The molecule has 0 unspecified atom stereocenters. The summed E-state index contributed by atoms with van der Waals surface area (Å²) in [4.78, 5) is 7.22. The molecule has 0 aromatic carbocycles. The molecule has 0 radical (unpaired) electrons. The maximum atomic E-state index is 4.67. The summed E-state index contributed by atoms with van der Waals surface area (Å²) < 4.78 is 0. The minimum atomic E-state index is 0.925. The summed E-state index contributed by atoms with van der Waals surface area (Å²) in [6, 6.07) is 0. The second-order valence-corrected chi connectivity index (χ2v) is 5.65. The first-order valence-electron chi connectivity index (χ1n) is 6.75. The van der Waals surface area contributed by atoms with Gasteiger partial charge in [0.25, 0.3) is 0 Å². The molecular weight excluding hydrogens is 230 g/mol. The second kappa shape index (κ2) is 7.09. The molecule has 1 aliphatic rings. The Morgan fingerprint density at radius 3 is 3.00 bits per heavy atom. The van der Waals surface area contributed by atoms with Gasteiger partial charge in [0.15, 0.2) is 0 Å². The van der Waals surface area contributed by atoms with Crippen LogP contribution in [0.15, 0.2) is 5.38 Å². The number of nitrogens with one attached hydrogen (secondary N) is 1. The second-order valence-electron chi connectivity index (χ2n) is 4.71. The van der Waals surface area contributed by atoms with Crippen LogP contribution in [-0.2, 0) is 13.0 Å². The number of aromatic nitrogens is 1. The van der Waals surface area contributed by atoms with Crippen molar-refractivity contribution >= 4 is 11.3 Å². The first-order valence-corrected chi connectivity index (χ1v) is 7.63. The van der Waals surface area contributed by atoms with Crippen LogP contribution in [0.2, 0.25) is 0 Å². The van der Waals surface area contributed by atoms with E-state index in [9.17, 15) is 0 Å². The molecular formula is C13H23N3S. The molecule has 1 fully saturated rings. The third-order valence-corrected chi connectivity index (χ3v) is 4.13. The van der Waals surface area contributed by atoms with Crippen molar-refractivity contribution in [3.8, 4) is 0 Å². The number of rotatable bonds is 7. The summed E-state index contributed by atoms with van der Waals surface area (Å²) in [6.07, 6.45) is 5.07. The summed E-state index contributed by atoms with van der Waals surface area (Å²) in [5.41, 5.74) is 1.21. The Kier molecular flexibility index (Phi) is 5.42. The van der Waals surface area contributed by atoms with Crippen LogP contribution in [0.25, 0.3) is 0 Å². The van der Waals surface area contributed by atoms with E-state index in [4.69, 9.17) is 0 Å². The predicted octanol–water partition coefficient (Wildman–Crippen LogP) is 2.28. The molecule has 0 saturated carbocycles. The van der Waals surface area contributed by atoms with Crippen molar-refractivity contribution in [3.63, 3.8) is 0 Å². The van der Waals surface area contributed by atoms with E-state index < -0.39 is 0 Å².